The summed E-state index contributed by atoms with van der Waals surface area (Å²) in [6.07, 6.45) is 3.62. The SMILES string of the molecule is CSCc1ccc(C(=O)Nc2nccs2)o1. The molecule has 6 heteroatoms. The van der Waals surface area contributed by atoms with Gasteiger partial charge in [0.05, 0.1) is 5.75 Å². The highest BCUT2D eigenvalue weighted by Crippen LogP contribution is 2.16. The van der Waals surface area contributed by atoms with Crippen molar-refractivity contribution in [2.24, 2.45) is 0 Å². The van der Waals surface area contributed by atoms with Gasteiger partial charge in [0, 0.05) is 11.6 Å². The van der Waals surface area contributed by atoms with Crippen LogP contribution in [0.3, 0.4) is 0 Å². The van der Waals surface area contributed by atoms with Crippen LogP contribution in [-0.2, 0) is 5.75 Å². The van der Waals surface area contributed by atoms with E-state index in [2.05, 4.69) is 10.3 Å². The Balaban J connectivity index is 2.03. The van der Waals surface area contributed by atoms with Gasteiger partial charge in [0.2, 0.25) is 0 Å². The van der Waals surface area contributed by atoms with Gasteiger partial charge in [-0.2, -0.15) is 11.8 Å². The van der Waals surface area contributed by atoms with E-state index in [1.807, 2.05) is 12.3 Å². The minimum absolute atomic E-state index is 0.262. The lowest BCUT2D eigenvalue weighted by Gasteiger charge is -1.97. The monoisotopic (exact) mass is 254 g/mol. The first-order chi connectivity index (χ1) is 7.79. The molecule has 2 heterocycles. The van der Waals surface area contributed by atoms with Gasteiger partial charge in [0.15, 0.2) is 10.9 Å². The molecule has 1 amide bonds. The summed E-state index contributed by atoms with van der Waals surface area (Å²) >= 11 is 3.02. The summed E-state index contributed by atoms with van der Waals surface area (Å²) in [4.78, 5) is 15.7. The van der Waals surface area contributed by atoms with Crippen LogP contribution < -0.4 is 5.32 Å². The van der Waals surface area contributed by atoms with Gasteiger partial charge in [0.25, 0.3) is 5.91 Å². The number of nitrogens with zero attached hydrogens (tertiary/aromatic N) is 1. The van der Waals surface area contributed by atoms with Crippen LogP contribution >= 0.6 is 23.1 Å². The van der Waals surface area contributed by atoms with Crippen molar-refractivity contribution in [1.29, 1.82) is 0 Å². The number of thioether (sulfide) groups is 1. The van der Waals surface area contributed by atoms with Crippen LogP contribution in [0, 0.1) is 0 Å². The number of amides is 1. The molecule has 0 aliphatic heterocycles. The number of furan rings is 1. The van der Waals surface area contributed by atoms with Crippen molar-refractivity contribution in [2.45, 2.75) is 5.75 Å². The van der Waals surface area contributed by atoms with Crippen molar-refractivity contribution < 1.29 is 9.21 Å². The highest BCUT2D eigenvalue weighted by Gasteiger charge is 2.11. The molecule has 0 atom stereocenters. The molecule has 16 heavy (non-hydrogen) atoms. The van der Waals surface area contributed by atoms with Crippen LogP contribution in [0.2, 0.25) is 0 Å². The Morgan fingerprint density at radius 2 is 2.50 bits per heavy atom. The third-order valence-electron chi connectivity index (χ3n) is 1.82. The Hall–Kier alpha value is -1.27. The molecule has 4 nitrogen and oxygen atoms in total. The smallest absolute Gasteiger partial charge is 0.293 e. The second kappa shape index (κ2) is 5.18. The number of hydrogen-bond acceptors (Lipinski definition) is 5. The molecule has 0 aliphatic carbocycles. The van der Waals surface area contributed by atoms with Crippen molar-refractivity contribution >= 4 is 34.1 Å². The summed E-state index contributed by atoms with van der Waals surface area (Å²) in [6, 6.07) is 3.49. The first-order valence-electron chi connectivity index (χ1n) is 4.58. The number of rotatable bonds is 4. The number of carbonyl (C=O) groups excluding carboxylic acids is 1. The van der Waals surface area contributed by atoms with Crippen LogP contribution in [0.5, 0.6) is 0 Å². The van der Waals surface area contributed by atoms with Crippen molar-refractivity contribution in [3.05, 3.63) is 35.2 Å². The third kappa shape index (κ3) is 2.65. The zero-order chi connectivity index (χ0) is 11.4. The Labute approximate surface area is 101 Å². The van der Waals surface area contributed by atoms with Gasteiger partial charge in [-0.1, -0.05) is 0 Å². The molecule has 0 unspecified atom stereocenters. The van der Waals surface area contributed by atoms with Crippen molar-refractivity contribution in [1.82, 2.24) is 4.98 Å². The number of nitrogens with one attached hydrogen (secondary N) is 1. The van der Waals surface area contributed by atoms with E-state index in [-0.39, 0.29) is 5.91 Å². The van der Waals surface area contributed by atoms with Crippen molar-refractivity contribution in [3.8, 4) is 0 Å². The fourth-order valence-electron chi connectivity index (χ4n) is 1.16. The first-order valence-corrected chi connectivity index (χ1v) is 6.85. The average Bonchev–Trinajstić information content (AvgIpc) is 2.89. The van der Waals surface area contributed by atoms with Gasteiger partial charge < -0.3 is 4.42 Å². The molecular formula is C10H10N2O2S2. The molecule has 2 aromatic rings. The highest BCUT2D eigenvalue weighted by molar-refractivity contribution is 7.97. The fraction of sp³-hybridized carbons (Fsp3) is 0.200. The maximum atomic E-state index is 11.7. The molecule has 0 saturated carbocycles. The van der Waals surface area contributed by atoms with Gasteiger partial charge in [-0.3, -0.25) is 10.1 Å². The maximum Gasteiger partial charge on any atom is 0.293 e. The molecule has 0 fully saturated rings. The van der Waals surface area contributed by atoms with Gasteiger partial charge in [-0.05, 0) is 18.4 Å². The van der Waals surface area contributed by atoms with Gasteiger partial charge in [-0.25, -0.2) is 4.98 Å². The van der Waals surface area contributed by atoms with E-state index in [1.165, 1.54) is 11.3 Å². The molecule has 0 radical (unpaired) electrons. The highest BCUT2D eigenvalue weighted by atomic mass is 32.2. The Morgan fingerprint density at radius 3 is 3.19 bits per heavy atom. The number of anilines is 1. The third-order valence-corrected chi connectivity index (χ3v) is 3.09. The van der Waals surface area contributed by atoms with Gasteiger partial charge >= 0.3 is 0 Å². The molecular weight excluding hydrogens is 244 g/mol. The average molecular weight is 254 g/mol. The molecule has 0 spiro atoms. The van der Waals surface area contributed by atoms with Crippen LogP contribution in [0.25, 0.3) is 0 Å². The summed E-state index contributed by atoms with van der Waals surface area (Å²) in [7, 11) is 0. The van der Waals surface area contributed by atoms with E-state index in [1.54, 1.807) is 29.4 Å². The van der Waals surface area contributed by atoms with Crippen molar-refractivity contribution in [3.63, 3.8) is 0 Å². The fourth-order valence-corrected chi connectivity index (χ4v) is 2.13. The zero-order valence-corrected chi connectivity index (χ0v) is 10.2. The zero-order valence-electron chi connectivity index (χ0n) is 8.60. The second-order valence-electron chi connectivity index (χ2n) is 2.99. The molecule has 0 aromatic carbocycles. The first kappa shape index (κ1) is 11.2. The number of thiazole rings is 1. The summed E-state index contributed by atoms with van der Waals surface area (Å²) in [5.41, 5.74) is 0. The van der Waals surface area contributed by atoms with E-state index < -0.39 is 0 Å². The normalized spacial score (nSPS) is 10.3. The summed E-state index contributed by atoms with van der Waals surface area (Å²) < 4.78 is 5.38. The molecule has 0 saturated heterocycles. The number of aromatic nitrogens is 1. The standard InChI is InChI=1S/C10H10N2O2S2/c1-15-6-7-2-3-8(14-7)9(13)12-10-11-4-5-16-10/h2-5H,6H2,1H3,(H,11,12,13). The van der Waals surface area contributed by atoms with E-state index in [0.29, 0.717) is 10.9 Å². The molecule has 0 bridgehead atoms. The predicted octanol–water partition coefficient (Wildman–Crippen LogP) is 2.85. The van der Waals surface area contributed by atoms with Gasteiger partial charge in [0.1, 0.15) is 5.76 Å². The largest absolute Gasteiger partial charge is 0.455 e. The molecule has 2 aromatic heterocycles. The molecule has 2 rings (SSSR count). The molecule has 1 N–H and O–H groups in total. The van der Waals surface area contributed by atoms with E-state index >= 15 is 0 Å². The van der Waals surface area contributed by atoms with Crippen LogP contribution in [0.15, 0.2) is 28.1 Å². The van der Waals surface area contributed by atoms with E-state index in [0.717, 1.165) is 11.5 Å². The minimum Gasteiger partial charge on any atom is -0.455 e. The predicted molar refractivity (Wildman–Crippen MR) is 66.0 cm³/mol. The minimum atomic E-state index is -0.262. The lowest BCUT2D eigenvalue weighted by atomic mass is 10.4. The van der Waals surface area contributed by atoms with Crippen LogP contribution in [0.4, 0.5) is 5.13 Å². The number of carbonyl (C=O) groups is 1. The summed E-state index contributed by atoms with van der Waals surface area (Å²) in [6.45, 7) is 0. The van der Waals surface area contributed by atoms with Crippen LogP contribution in [0.1, 0.15) is 16.3 Å². The topological polar surface area (TPSA) is 55.1 Å². The number of hydrogen-bond donors (Lipinski definition) is 1. The Morgan fingerprint density at radius 1 is 1.62 bits per heavy atom. The lowest BCUT2D eigenvalue weighted by Crippen LogP contribution is -2.10. The van der Waals surface area contributed by atoms with Gasteiger partial charge in [-0.15, -0.1) is 11.3 Å². The van der Waals surface area contributed by atoms with Crippen LogP contribution in [-0.4, -0.2) is 17.1 Å². The summed E-state index contributed by atoms with van der Waals surface area (Å²) in [5.74, 6) is 1.63. The quantitative estimate of drug-likeness (QED) is 0.911. The molecule has 84 valence electrons. The Bertz CT molecular complexity index is 465. The second-order valence-corrected chi connectivity index (χ2v) is 4.75. The Kier molecular flexibility index (Phi) is 3.63. The summed E-state index contributed by atoms with van der Waals surface area (Å²) in [5, 5.41) is 5.04. The molecule has 0 aliphatic rings. The maximum absolute atomic E-state index is 11.7. The van der Waals surface area contributed by atoms with E-state index in [9.17, 15) is 4.79 Å². The van der Waals surface area contributed by atoms with Crippen molar-refractivity contribution in [2.75, 3.05) is 11.6 Å². The van der Waals surface area contributed by atoms with E-state index in [4.69, 9.17) is 4.42 Å². The lowest BCUT2D eigenvalue weighted by molar-refractivity contribution is 0.0995.